The zero-order valence-corrected chi connectivity index (χ0v) is 34.8. The first-order valence-electron chi connectivity index (χ1n) is 20.0. The molecule has 2 unspecified atom stereocenters. The molecule has 0 aliphatic carbocycles. The third kappa shape index (κ3) is 27.2. The zero-order chi connectivity index (χ0) is 33.5. The Morgan fingerprint density at radius 1 is 0.378 bits per heavy atom. The number of hydrogen-bond acceptors (Lipinski definition) is 5. The van der Waals surface area contributed by atoms with Crippen LogP contribution in [0.1, 0.15) is 183 Å². The molecule has 0 aliphatic heterocycles. The molecule has 0 aromatic carbocycles. The molecule has 45 heavy (non-hydrogen) atoms. The van der Waals surface area contributed by atoms with Gasteiger partial charge in [0.05, 0.1) is 0 Å². The normalized spacial score (nSPS) is 13.9. The molecule has 7 heteroatoms. The van der Waals surface area contributed by atoms with Crippen molar-refractivity contribution in [3.05, 3.63) is 0 Å². The van der Waals surface area contributed by atoms with Gasteiger partial charge in [-0.25, -0.2) is 0 Å². The molecule has 272 valence electrons. The summed E-state index contributed by atoms with van der Waals surface area (Å²) in [6.45, 7) is 20.7. The smallest absolute Gasteiger partial charge is 0.334 e. The molecule has 0 saturated heterocycles. The predicted molar refractivity (Wildman–Crippen MR) is 207 cm³/mol. The summed E-state index contributed by atoms with van der Waals surface area (Å²) in [5.74, 6) is 0. The number of rotatable bonds is 36. The van der Waals surface area contributed by atoms with Crippen molar-refractivity contribution in [3.8, 4) is 0 Å². The van der Waals surface area contributed by atoms with Crippen LogP contribution in [0.25, 0.3) is 0 Å². The minimum absolute atomic E-state index is 0.693. The van der Waals surface area contributed by atoms with Crippen LogP contribution in [0.15, 0.2) is 0 Å². The fourth-order valence-electron chi connectivity index (χ4n) is 6.64. The topological polar surface area (TPSA) is 36.9 Å². The fourth-order valence-corrected chi connectivity index (χ4v) is 13.6. The van der Waals surface area contributed by atoms with Gasteiger partial charge >= 0.3 is 17.1 Å². The number of thioether (sulfide) groups is 1. The standard InChI is InChI=1S/C38H82O4SSi2/c1-9-15-17-19-21-23-25-27-29-31-37(33-35-44(7,39-11-3)40-12-4)43-38(34-36-45(8,41-13-5)42-14-6)32-30-28-26-24-22-20-18-16-10-2/h37-38H,9-36H2,1-8H3. The van der Waals surface area contributed by atoms with E-state index in [1.807, 2.05) is 0 Å². The highest BCUT2D eigenvalue weighted by atomic mass is 32.2. The molecule has 0 aromatic heterocycles. The summed E-state index contributed by atoms with van der Waals surface area (Å²) in [5, 5.41) is 1.39. The molecule has 0 heterocycles. The molecule has 4 nitrogen and oxygen atoms in total. The van der Waals surface area contributed by atoms with E-state index in [0.29, 0.717) is 10.5 Å². The van der Waals surface area contributed by atoms with E-state index < -0.39 is 17.1 Å². The monoisotopic (exact) mass is 691 g/mol. The molecule has 0 radical (unpaired) electrons. The molecular formula is C38H82O4SSi2. The summed E-state index contributed by atoms with van der Waals surface area (Å²) in [6, 6.07) is 2.22. The predicted octanol–water partition coefficient (Wildman–Crippen LogP) is 13.4. The highest BCUT2D eigenvalue weighted by Crippen LogP contribution is 2.35. The van der Waals surface area contributed by atoms with E-state index in [1.165, 1.54) is 141 Å². The fraction of sp³-hybridized carbons (Fsp3) is 1.00. The molecule has 0 aliphatic rings. The van der Waals surface area contributed by atoms with Crippen LogP contribution < -0.4 is 0 Å². The molecule has 0 saturated carbocycles. The van der Waals surface area contributed by atoms with Crippen molar-refractivity contribution in [1.82, 2.24) is 0 Å². The third-order valence-corrected chi connectivity index (χ3v) is 17.0. The molecule has 0 fully saturated rings. The van der Waals surface area contributed by atoms with Crippen LogP contribution in [-0.4, -0.2) is 54.0 Å². The van der Waals surface area contributed by atoms with Gasteiger partial charge in [-0.3, -0.25) is 0 Å². The van der Waals surface area contributed by atoms with Crippen LogP contribution in [0.3, 0.4) is 0 Å². The second kappa shape index (κ2) is 31.9. The van der Waals surface area contributed by atoms with Gasteiger partial charge in [0.1, 0.15) is 0 Å². The minimum atomic E-state index is -2.11. The number of hydrogen-bond donors (Lipinski definition) is 0. The molecule has 0 rings (SSSR count). The summed E-state index contributed by atoms with van der Waals surface area (Å²) in [4.78, 5) is 0. The van der Waals surface area contributed by atoms with Crippen molar-refractivity contribution in [2.45, 2.75) is 218 Å². The first-order chi connectivity index (χ1) is 21.8. The van der Waals surface area contributed by atoms with Crippen molar-refractivity contribution >= 4 is 28.9 Å². The van der Waals surface area contributed by atoms with Crippen molar-refractivity contribution in [3.63, 3.8) is 0 Å². The SMILES string of the molecule is CCCCCCCCCCCC(CC[Si](C)(OCC)OCC)SC(CCCCCCCCCCC)CC[Si](C)(OCC)OCC. The zero-order valence-electron chi connectivity index (χ0n) is 32.0. The van der Waals surface area contributed by atoms with Gasteiger partial charge in [-0.1, -0.05) is 129 Å². The van der Waals surface area contributed by atoms with E-state index in [1.54, 1.807) is 0 Å². The van der Waals surface area contributed by atoms with E-state index in [2.05, 4.69) is 66.4 Å². The second-order valence-corrected chi connectivity index (χ2v) is 22.0. The highest BCUT2D eigenvalue weighted by Gasteiger charge is 2.34. The average molecular weight is 691 g/mol. The van der Waals surface area contributed by atoms with Crippen LogP contribution in [0.2, 0.25) is 25.2 Å². The van der Waals surface area contributed by atoms with Gasteiger partial charge in [-0.2, -0.15) is 11.8 Å². The highest BCUT2D eigenvalue weighted by molar-refractivity contribution is 8.00. The van der Waals surface area contributed by atoms with Crippen LogP contribution in [0, 0.1) is 0 Å². The Bertz CT molecular complexity index is 550. The van der Waals surface area contributed by atoms with Gasteiger partial charge in [-0.05, 0) is 78.6 Å². The minimum Gasteiger partial charge on any atom is -0.395 e. The molecule has 0 bridgehead atoms. The quantitative estimate of drug-likeness (QED) is 0.0483. The lowest BCUT2D eigenvalue weighted by molar-refractivity contribution is 0.187. The van der Waals surface area contributed by atoms with Crippen molar-refractivity contribution in [2.24, 2.45) is 0 Å². The van der Waals surface area contributed by atoms with Crippen molar-refractivity contribution in [2.75, 3.05) is 26.4 Å². The first-order valence-corrected chi connectivity index (χ1v) is 26.0. The summed E-state index contributed by atoms with van der Waals surface area (Å²) >= 11 is 2.32. The lowest BCUT2D eigenvalue weighted by Crippen LogP contribution is -2.40. The van der Waals surface area contributed by atoms with Crippen molar-refractivity contribution < 1.29 is 17.7 Å². The summed E-state index contributed by atoms with van der Waals surface area (Å²) in [5.41, 5.74) is 0. The summed E-state index contributed by atoms with van der Waals surface area (Å²) in [6.07, 6.45) is 30.3. The number of unbranched alkanes of at least 4 members (excludes halogenated alkanes) is 16. The molecule has 2 atom stereocenters. The Hall–Kier alpha value is 0.624. The lowest BCUT2D eigenvalue weighted by atomic mass is 10.1. The van der Waals surface area contributed by atoms with Gasteiger partial charge in [0.2, 0.25) is 0 Å². The van der Waals surface area contributed by atoms with Gasteiger partial charge in [-0.15, -0.1) is 0 Å². The Balaban J connectivity index is 5.29. The Labute approximate surface area is 290 Å². The molecule has 0 spiro atoms. The van der Waals surface area contributed by atoms with Gasteiger partial charge in [0, 0.05) is 36.9 Å². The molecule has 0 N–H and O–H groups in total. The van der Waals surface area contributed by atoms with Gasteiger partial charge < -0.3 is 17.7 Å². The van der Waals surface area contributed by atoms with E-state index in [0.717, 1.165) is 38.5 Å². The first kappa shape index (κ1) is 45.6. The van der Waals surface area contributed by atoms with E-state index in [4.69, 9.17) is 17.7 Å². The van der Waals surface area contributed by atoms with E-state index >= 15 is 0 Å². The second-order valence-electron chi connectivity index (χ2n) is 13.7. The Kier molecular flexibility index (Phi) is 32.3. The lowest BCUT2D eigenvalue weighted by Gasteiger charge is -2.31. The Morgan fingerprint density at radius 3 is 0.911 bits per heavy atom. The maximum absolute atomic E-state index is 6.28. The third-order valence-electron chi connectivity index (χ3n) is 9.28. The van der Waals surface area contributed by atoms with Crippen LogP contribution in [-0.2, 0) is 17.7 Å². The van der Waals surface area contributed by atoms with Gasteiger partial charge in [0.15, 0.2) is 0 Å². The maximum atomic E-state index is 6.28. The van der Waals surface area contributed by atoms with E-state index in [9.17, 15) is 0 Å². The summed E-state index contributed by atoms with van der Waals surface area (Å²) < 4.78 is 25.1. The van der Waals surface area contributed by atoms with E-state index in [-0.39, 0.29) is 0 Å². The Morgan fingerprint density at radius 2 is 0.644 bits per heavy atom. The molecule has 0 amide bonds. The van der Waals surface area contributed by atoms with Crippen LogP contribution in [0.5, 0.6) is 0 Å². The largest absolute Gasteiger partial charge is 0.395 e. The van der Waals surface area contributed by atoms with Crippen LogP contribution >= 0.6 is 11.8 Å². The van der Waals surface area contributed by atoms with Gasteiger partial charge in [0.25, 0.3) is 0 Å². The average Bonchev–Trinajstić information content (AvgIpc) is 3.01. The summed E-state index contributed by atoms with van der Waals surface area (Å²) in [7, 11) is -4.22. The maximum Gasteiger partial charge on any atom is 0.334 e. The van der Waals surface area contributed by atoms with Crippen molar-refractivity contribution in [1.29, 1.82) is 0 Å². The molecule has 0 aromatic rings. The molecular weight excluding hydrogens is 609 g/mol. The van der Waals surface area contributed by atoms with Crippen LogP contribution in [0.4, 0.5) is 0 Å².